The van der Waals surface area contributed by atoms with E-state index in [4.69, 9.17) is 9.47 Å². The highest BCUT2D eigenvalue weighted by atomic mass is 32.1. The number of methoxy groups -OCH3 is 1. The first-order valence-electron chi connectivity index (χ1n) is 8.41. The van der Waals surface area contributed by atoms with E-state index >= 15 is 0 Å². The number of aryl methyl sites for hydroxylation is 2. The Labute approximate surface area is 144 Å². The zero-order chi connectivity index (χ0) is 16.7. The minimum absolute atomic E-state index is 0.0534. The van der Waals surface area contributed by atoms with E-state index in [1.54, 1.807) is 17.7 Å². The molecule has 1 aliphatic heterocycles. The Morgan fingerprint density at radius 2 is 2.17 bits per heavy atom. The lowest BCUT2D eigenvalue weighted by Gasteiger charge is -2.36. The average molecular weight is 347 g/mol. The van der Waals surface area contributed by atoms with Crippen LogP contribution in [-0.2, 0) is 27.1 Å². The number of aromatic nitrogens is 2. The number of rotatable bonds is 2. The Morgan fingerprint density at radius 1 is 1.33 bits per heavy atom. The lowest BCUT2D eigenvalue weighted by molar-refractivity contribution is -0.158. The van der Waals surface area contributed by atoms with E-state index in [9.17, 15) is 4.79 Å². The third kappa shape index (κ3) is 2.65. The van der Waals surface area contributed by atoms with Gasteiger partial charge in [-0.25, -0.2) is 14.8 Å². The van der Waals surface area contributed by atoms with Gasteiger partial charge in [0.1, 0.15) is 17.0 Å². The molecule has 128 valence electrons. The summed E-state index contributed by atoms with van der Waals surface area (Å²) in [6.45, 7) is 3.15. The third-order valence-corrected chi connectivity index (χ3v) is 5.96. The fourth-order valence-corrected chi connectivity index (χ4v) is 4.92. The molecule has 2 aromatic rings. The highest BCUT2D eigenvalue weighted by molar-refractivity contribution is 7.19. The number of carbonyl (C=O) groups is 1. The zero-order valence-electron chi connectivity index (χ0n) is 13.9. The van der Waals surface area contributed by atoms with Crippen LogP contribution >= 0.6 is 11.3 Å². The van der Waals surface area contributed by atoms with Crippen LogP contribution < -0.4 is 4.90 Å². The predicted molar refractivity (Wildman–Crippen MR) is 92.6 cm³/mol. The van der Waals surface area contributed by atoms with Crippen molar-refractivity contribution in [1.82, 2.24) is 9.97 Å². The van der Waals surface area contributed by atoms with Crippen molar-refractivity contribution in [1.29, 1.82) is 0 Å². The first-order chi connectivity index (χ1) is 11.7. The van der Waals surface area contributed by atoms with Crippen LogP contribution in [0.4, 0.5) is 5.82 Å². The molecule has 1 unspecified atom stereocenters. The second kappa shape index (κ2) is 6.29. The molecule has 0 aromatic carbocycles. The molecule has 2 atom stereocenters. The molecule has 7 heteroatoms. The van der Waals surface area contributed by atoms with E-state index in [-0.39, 0.29) is 12.1 Å². The minimum atomic E-state index is -0.571. The molecule has 1 saturated heterocycles. The van der Waals surface area contributed by atoms with Crippen molar-refractivity contribution >= 4 is 33.3 Å². The van der Waals surface area contributed by atoms with E-state index in [2.05, 4.69) is 14.9 Å². The molecule has 2 aliphatic rings. The molecular weight excluding hydrogens is 326 g/mol. The van der Waals surface area contributed by atoms with Gasteiger partial charge in [0.05, 0.1) is 25.1 Å². The standard InChI is InChI=1S/C17H21N3O3S/c1-10-7-20(8-12(23-10)17(21)22-2)15-14-11-5-3-4-6-13(11)24-16(14)19-9-18-15/h9-10,12H,3-8H2,1-2H3/t10-,12?/m1/s1. The molecule has 1 fully saturated rings. The number of anilines is 1. The topological polar surface area (TPSA) is 64.5 Å². The van der Waals surface area contributed by atoms with Crippen molar-refractivity contribution in [2.24, 2.45) is 0 Å². The zero-order valence-corrected chi connectivity index (χ0v) is 14.8. The monoisotopic (exact) mass is 347 g/mol. The van der Waals surface area contributed by atoms with Gasteiger partial charge in [-0.3, -0.25) is 0 Å². The predicted octanol–water partition coefficient (Wildman–Crippen LogP) is 2.34. The lowest BCUT2D eigenvalue weighted by atomic mass is 9.97. The number of thiophene rings is 1. The average Bonchev–Trinajstić information content (AvgIpc) is 2.99. The number of carbonyl (C=O) groups excluding carboxylic acids is 1. The van der Waals surface area contributed by atoms with Crippen molar-refractivity contribution in [3.8, 4) is 0 Å². The summed E-state index contributed by atoms with van der Waals surface area (Å²) in [6, 6.07) is 0. The van der Waals surface area contributed by atoms with E-state index in [0.29, 0.717) is 13.1 Å². The Morgan fingerprint density at radius 3 is 3.00 bits per heavy atom. The summed E-state index contributed by atoms with van der Waals surface area (Å²) in [6.07, 6.45) is 5.71. The number of hydrogen-bond acceptors (Lipinski definition) is 7. The number of nitrogens with zero attached hydrogens (tertiary/aromatic N) is 3. The summed E-state index contributed by atoms with van der Waals surface area (Å²) in [5.41, 5.74) is 1.41. The third-order valence-electron chi connectivity index (χ3n) is 4.76. The maximum absolute atomic E-state index is 11.9. The maximum atomic E-state index is 11.9. The molecule has 6 nitrogen and oxygen atoms in total. The number of ether oxygens (including phenoxy) is 2. The first-order valence-corrected chi connectivity index (χ1v) is 9.22. The van der Waals surface area contributed by atoms with E-state index in [1.807, 2.05) is 6.92 Å². The smallest absolute Gasteiger partial charge is 0.336 e. The van der Waals surface area contributed by atoms with Gasteiger partial charge in [0.2, 0.25) is 0 Å². The Kier molecular flexibility index (Phi) is 4.14. The van der Waals surface area contributed by atoms with Crippen LogP contribution in [-0.4, -0.2) is 48.3 Å². The van der Waals surface area contributed by atoms with Crippen molar-refractivity contribution in [2.45, 2.75) is 44.8 Å². The molecule has 1 aliphatic carbocycles. The van der Waals surface area contributed by atoms with Crippen LogP contribution in [0.25, 0.3) is 10.2 Å². The van der Waals surface area contributed by atoms with Crippen LogP contribution in [0.5, 0.6) is 0 Å². The summed E-state index contributed by atoms with van der Waals surface area (Å²) in [4.78, 5) is 25.7. The van der Waals surface area contributed by atoms with E-state index in [0.717, 1.165) is 23.5 Å². The normalized spacial score (nSPS) is 24.0. The summed E-state index contributed by atoms with van der Waals surface area (Å²) in [5.74, 6) is 0.604. The molecule has 0 radical (unpaired) electrons. The van der Waals surface area contributed by atoms with Crippen LogP contribution in [0, 0.1) is 0 Å². The van der Waals surface area contributed by atoms with Gasteiger partial charge in [-0.2, -0.15) is 0 Å². The van der Waals surface area contributed by atoms with Gasteiger partial charge in [0, 0.05) is 11.4 Å². The van der Waals surface area contributed by atoms with E-state index < -0.39 is 6.10 Å². The fraction of sp³-hybridized carbons (Fsp3) is 0.588. The van der Waals surface area contributed by atoms with Gasteiger partial charge in [-0.15, -0.1) is 11.3 Å². The Hall–Kier alpha value is -1.73. The highest BCUT2D eigenvalue weighted by Gasteiger charge is 2.33. The van der Waals surface area contributed by atoms with Gasteiger partial charge in [0.25, 0.3) is 0 Å². The highest BCUT2D eigenvalue weighted by Crippen LogP contribution is 2.39. The van der Waals surface area contributed by atoms with Gasteiger partial charge < -0.3 is 14.4 Å². The van der Waals surface area contributed by atoms with Gasteiger partial charge in [-0.1, -0.05) is 0 Å². The van der Waals surface area contributed by atoms with Crippen LogP contribution in [0.2, 0.25) is 0 Å². The Balaban J connectivity index is 1.75. The second-order valence-electron chi connectivity index (χ2n) is 6.45. The summed E-state index contributed by atoms with van der Waals surface area (Å²) >= 11 is 1.79. The molecule has 0 spiro atoms. The quantitative estimate of drug-likeness (QED) is 0.777. The molecule has 0 bridgehead atoms. The number of morpholine rings is 1. The molecule has 3 heterocycles. The van der Waals surface area contributed by atoms with E-state index in [1.165, 1.54) is 35.8 Å². The van der Waals surface area contributed by atoms with Crippen molar-refractivity contribution in [3.05, 3.63) is 16.8 Å². The Bertz CT molecular complexity index is 776. The summed E-state index contributed by atoms with van der Waals surface area (Å²) in [5, 5.41) is 1.18. The molecule has 24 heavy (non-hydrogen) atoms. The number of esters is 1. The molecule has 2 aromatic heterocycles. The minimum Gasteiger partial charge on any atom is -0.467 e. The van der Waals surface area contributed by atoms with Crippen molar-refractivity contribution < 1.29 is 14.3 Å². The van der Waals surface area contributed by atoms with Crippen LogP contribution in [0.1, 0.15) is 30.2 Å². The maximum Gasteiger partial charge on any atom is 0.336 e. The van der Waals surface area contributed by atoms with Gasteiger partial charge >= 0.3 is 5.97 Å². The molecule has 0 amide bonds. The molecular formula is C17H21N3O3S. The van der Waals surface area contributed by atoms with Gasteiger partial charge in [-0.05, 0) is 38.2 Å². The van der Waals surface area contributed by atoms with Gasteiger partial charge in [0.15, 0.2) is 6.10 Å². The molecule has 0 saturated carbocycles. The summed E-state index contributed by atoms with van der Waals surface area (Å²) in [7, 11) is 1.40. The number of hydrogen-bond donors (Lipinski definition) is 0. The molecule has 0 N–H and O–H groups in total. The SMILES string of the molecule is COC(=O)C1CN(c2ncnc3sc4c(c23)CCCC4)C[C@@H](C)O1. The lowest BCUT2D eigenvalue weighted by Crippen LogP contribution is -2.50. The van der Waals surface area contributed by atoms with Crippen molar-refractivity contribution in [2.75, 3.05) is 25.1 Å². The first kappa shape index (κ1) is 15.8. The van der Waals surface area contributed by atoms with Crippen LogP contribution in [0.3, 0.4) is 0 Å². The number of fused-ring (bicyclic) bond motifs is 3. The fourth-order valence-electron chi connectivity index (χ4n) is 3.70. The summed E-state index contributed by atoms with van der Waals surface area (Å²) < 4.78 is 10.6. The second-order valence-corrected chi connectivity index (χ2v) is 7.54. The largest absolute Gasteiger partial charge is 0.467 e. The van der Waals surface area contributed by atoms with Crippen molar-refractivity contribution in [3.63, 3.8) is 0 Å². The van der Waals surface area contributed by atoms with Crippen LogP contribution in [0.15, 0.2) is 6.33 Å². The molecule has 4 rings (SSSR count).